The number of aromatic nitrogens is 2. The van der Waals surface area contributed by atoms with E-state index in [2.05, 4.69) is 196 Å². The highest BCUT2D eigenvalue weighted by Gasteiger charge is 2.37. The zero-order valence-corrected chi connectivity index (χ0v) is 32.9. The molecule has 0 bridgehead atoms. The predicted molar refractivity (Wildman–Crippen MR) is 247 cm³/mol. The molecule has 0 saturated carbocycles. The van der Waals surface area contributed by atoms with Crippen LogP contribution in [-0.2, 0) is 5.41 Å². The molecule has 0 atom stereocenters. The van der Waals surface area contributed by atoms with Gasteiger partial charge in [-0.25, -0.2) is 9.97 Å². The van der Waals surface area contributed by atoms with E-state index in [1.54, 1.807) is 0 Å². The van der Waals surface area contributed by atoms with Crippen molar-refractivity contribution in [2.45, 2.75) is 19.3 Å². The van der Waals surface area contributed by atoms with Gasteiger partial charge in [-0.15, -0.1) is 11.3 Å². The Hall–Kier alpha value is -6.94. The van der Waals surface area contributed by atoms with Crippen molar-refractivity contribution in [2.24, 2.45) is 0 Å². The van der Waals surface area contributed by atoms with Gasteiger partial charge < -0.3 is 0 Å². The van der Waals surface area contributed by atoms with Crippen LogP contribution in [0.5, 0.6) is 0 Å². The standard InChI is InChI=1S/C55H36N2S/c1-55(2)46-22-9-7-18-43(46)51-44(21-12-23-47(51)55)48-32-49(52-38-16-6-4-14-36(38)31-45-37-15-5-3-13-33(37)29-30-41(45)52)57-54(56-48)35-27-25-34(26-28-35)39-19-11-20-42-40-17-8-10-24-50(40)58-53(39)42/h3-32H,1-2H3. The van der Waals surface area contributed by atoms with Crippen LogP contribution in [0, 0.1) is 0 Å². The van der Waals surface area contributed by atoms with E-state index in [0.717, 1.165) is 28.1 Å². The molecule has 0 aliphatic heterocycles. The van der Waals surface area contributed by atoms with Crippen LogP contribution < -0.4 is 0 Å². The van der Waals surface area contributed by atoms with E-state index in [1.165, 1.54) is 85.9 Å². The second-order valence-corrected chi connectivity index (χ2v) is 17.1. The molecule has 0 N–H and O–H groups in total. The molecule has 2 nitrogen and oxygen atoms in total. The summed E-state index contributed by atoms with van der Waals surface area (Å²) in [6.07, 6.45) is 0. The lowest BCUT2D eigenvalue weighted by molar-refractivity contribution is 0.660. The molecule has 2 aromatic heterocycles. The van der Waals surface area contributed by atoms with Crippen LogP contribution in [-0.4, -0.2) is 9.97 Å². The fraction of sp³-hybridized carbons (Fsp3) is 0.0545. The molecule has 0 fully saturated rings. The largest absolute Gasteiger partial charge is 0.228 e. The maximum Gasteiger partial charge on any atom is 0.160 e. The first kappa shape index (κ1) is 33.2. The zero-order valence-electron chi connectivity index (χ0n) is 32.1. The minimum absolute atomic E-state index is 0.124. The van der Waals surface area contributed by atoms with Gasteiger partial charge in [0.25, 0.3) is 0 Å². The summed E-state index contributed by atoms with van der Waals surface area (Å²) < 4.78 is 2.63. The van der Waals surface area contributed by atoms with Crippen LogP contribution in [0.2, 0.25) is 0 Å². The van der Waals surface area contributed by atoms with E-state index in [0.29, 0.717) is 5.82 Å². The predicted octanol–water partition coefficient (Wildman–Crippen LogP) is 15.3. The van der Waals surface area contributed by atoms with Gasteiger partial charge in [0.15, 0.2) is 5.82 Å². The molecular formula is C55H36N2S. The third-order valence-electron chi connectivity index (χ3n) is 12.5. The lowest BCUT2D eigenvalue weighted by Gasteiger charge is -2.21. The van der Waals surface area contributed by atoms with Gasteiger partial charge in [-0.3, -0.25) is 0 Å². The Morgan fingerprint density at radius 3 is 1.91 bits per heavy atom. The molecule has 0 unspecified atom stereocenters. The molecular weight excluding hydrogens is 721 g/mol. The Bertz CT molecular complexity index is 3480. The Morgan fingerprint density at radius 2 is 1.03 bits per heavy atom. The van der Waals surface area contributed by atoms with Gasteiger partial charge in [0.05, 0.1) is 11.4 Å². The molecule has 12 rings (SSSR count). The van der Waals surface area contributed by atoms with Crippen molar-refractivity contribution in [3.63, 3.8) is 0 Å². The summed E-state index contributed by atoms with van der Waals surface area (Å²) in [5, 5.41) is 9.87. The lowest BCUT2D eigenvalue weighted by Crippen LogP contribution is -2.14. The minimum Gasteiger partial charge on any atom is -0.228 e. The van der Waals surface area contributed by atoms with Crippen LogP contribution in [0.25, 0.3) is 109 Å². The van der Waals surface area contributed by atoms with Crippen molar-refractivity contribution in [3.8, 4) is 56.2 Å². The van der Waals surface area contributed by atoms with Gasteiger partial charge in [-0.2, -0.15) is 0 Å². The summed E-state index contributed by atoms with van der Waals surface area (Å²) in [5.41, 5.74) is 12.6. The summed E-state index contributed by atoms with van der Waals surface area (Å²) in [4.78, 5) is 11.0. The maximum atomic E-state index is 5.52. The van der Waals surface area contributed by atoms with Crippen molar-refractivity contribution in [3.05, 3.63) is 193 Å². The van der Waals surface area contributed by atoms with E-state index < -0.39 is 0 Å². The molecule has 1 aliphatic rings. The molecule has 0 radical (unpaired) electrons. The molecule has 272 valence electrons. The average Bonchev–Trinajstić information content (AvgIpc) is 3.77. The van der Waals surface area contributed by atoms with Crippen molar-refractivity contribution in [1.82, 2.24) is 9.97 Å². The van der Waals surface area contributed by atoms with Crippen molar-refractivity contribution < 1.29 is 0 Å². The monoisotopic (exact) mass is 756 g/mol. The normalized spacial score (nSPS) is 13.1. The Labute approximate surface area is 340 Å². The maximum absolute atomic E-state index is 5.52. The molecule has 9 aromatic carbocycles. The molecule has 3 heteroatoms. The van der Waals surface area contributed by atoms with E-state index in [4.69, 9.17) is 9.97 Å². The first-order valence-electron chi connectivity index (χ1n) is 20.0. The number of hydrogen-bond donors (Lipinski definition) is 0. The zero-order chi connectivity index (χ0) is 38.5. The number of hydrogen-bond acceptors (Lipinski definition) is 3. The highest BCUT2D eigenvalue weighted by atomic mass is 32.1. The fourth-order valence-corrected chi connectivity index (χ4v) is 10.9. The van der Waals surface area contributed by atoms with Gasteiger partial charge in [0, 0.05) is 42.3 Å². The molecule has 11 aromatic rings. The van der Waals surface area contributed by atoms with Crippen molar-refractivity contribution in [1.29, 1.82) is 0 Å². The van der Waals surface area contributed by atoms with Crippen LogP contribution in [0.1, 0.15) is 25.0 Å². The summed E-state index contributed by atoms with van der Waals surface area (Å²) >= 11 is 1.87. The van der Waals surface area contributed by atoms with Gasteiger partial charge in [-0.05, 0) is 83.9 Å². The number of thiophene rings is 1. The Morgan fingerprint density at radius 1 is 0.397 bits per heavy atom. The summed E-state index contributed by atoms with van der Waals surface area (Å²) in [7, 11) is 0. The molecule has 0 spiro atoms. The van der Waals surface area contributed by atoms with E-state index in [9.17, 15) is 0 Å². The highest BCUT2D eigenvalue weighted by molar-refractivity contribution is 7.26. The number of rotatable bonds is 4. The molecule has 0 amide bonds. The summed E-state index contributed by atoms with van der Waals surface area (Å²) in [6, 6.07) is 66.4. The van der Waals surface area contributed by atoms with Crippen LogP contribution in [0.4, 0.5) is 0 Å². The molecule has 1 aliphatic carbocycles. The van der Waals surface area contributed by atoms with Crippen LogP contribution >= 0.6 is 11.3 Å². The smallest absolute Gasteiger partial charge is 0.160 e. The lowest BCUT2D eigenvalue weighted by atomic mass is 9.82. The third-order valence-corrected chi connectivity index (χ3v) is 13.7. The van der Waals surface area contributed by atoms with Gasteiger partial charge in [0.1, 0.15) is 0 Å². The second kappa shape index (κ2) is 12.5. The molecule has 2 heterocycles. The first-order chi connectivity index (χ1) is 28.5. The molecule has 0 saturated heterocycles. The van der Waals surface area contributed by atoms with Gasteiger partial charge in [-0.1, -0.05) is 178 Å². The number of nitrogens with zero attached hydrogens (tertiary/aromatic N) is 2. The highest BCUT2D eigenvalue weighted by Crippen LogP contribution is 2.52. The van der Waals surface area contributed by atoms with Crippen LogP contribution in [0.3, 0.4) is 0 Å². The second-order valence-electron chi connectivity index (χ2n) is 16.1. The third kappa shape index (κ3) is 4.90. The first-order valence-corrected chi connectivity index (χ1v) is 20.8. The van der Waals surface area contributed by atoms with Gasteiger partial charge >= 0.3 is 0 Å². The Kier molecular flexibility index (Phi) is 7.18. The summed E-state index contributed by atoms with van der Waals surface area (Å²) in [5.74, 6) is 0.712. The summed E-state index contributed by atoms with van der Waals surface area (Å²) in [6.45, 7) is 4.68. The molecule has 58 heavy (non-hydrogen) atoms. The number of fused-ring (bicyclic) bond motifs is 10. The fourth-order valence-electron chi connectivity index (χ4n) is 9.68. The minimum atomic E-state index is -0.124. The number of benzene rings is 9. The van der Waals surface area contributed by atoms with E-state index >= 15 is 0 Å². The quantitative estimate of drug-likeness (QED) is 0.132. The SMILES string of the molecule is CC1(C)c2ccccc2-c2c(-c3cc(-c4c5ccccc5cc5c4ccc4ccccc45)nc(-c4ccc(-c5cccc6c5sc5ccccc56)cc4)n3)cccc21. The van der Waals surface area contributed by atoms with Crippen LogP contribution in [0.15, 0.2) is 182 Å². The van der Waals surface area contributed by atoms with Crippen molar-refractivity contribution >= 4 is 63.8 Å². The topological polar surface area (TPSA) is 25.8 Å². The van der Waals surface area contributed by atoms with E-state index in [1.807, 2.05) is 11.3 Å². The van der Waals surface area contributed by atoms with E-state index in [-0.39, 0.29) is 5.41 Å². The van der Waals surface area contributed by atoms with Crippen molar-refractivity contribution in [2.75, 3.05) is 0 Å². The average molecular weight is 757 g/mol. The Balaban J connectivity index is 1.11. The van der Waals surface area contributed by atoms with Gasteiger partial charge in [0.2, 0.25) is 0 Å².